The highest BCUT2D eigenvalue weighted by Gasteiger charge is 2.17. The molecule has 1 aliphatic heterocycles. The Hall–Kier alpha value is -1.84. The third kappa shape index (κ3) is 4.81. The van der Waals surface area contributed by atoms with Crippen LogP contribution in [0.25, 0.3) is 0 Å². The van der Waals surface area contributed by atoms with E-state index in [9.17, 15) is 0 Å². The third-order valence-corrected chi connectivity index (χ3v) is 4.65. The van der Waals surface area contributed by atoms with E-state index in [1.807, 2.05) is 18.2 Å². The first-order chi connectivity index (χ1) is 11.3. The van der Waals surface area contributed by atoms with Gasteiger partial charge in [0.2, 0.25) is 0 Å². The van der Waals surface area contributed by atoms with Gasteiger partial charge in [-0.05, 0) is 49.6 Å². The quantitative estimate of drug-likeness (QED) is 0.784. The lowest BCUT2D eigenvalue weighted by molar-refractivity contribution is 0.152. The van der Waals surface area contributed by atoms with Gasteiger partial charge in [0.05, 0.1) is 0 Å². The van der Waals surface area contributed by atoms with Crippen LogP contribution in [-0.2, 0) is 13.1 Å². The molecule has 0 radical (unpaired) electrons. The second kappa shape index (κ2) is 8.14. The second-order valence-electron chi connectivity index (χ2n) is 6.48. The molecule has 0 saturated carbocycles. The van der Waals surface area contributed by atoms with Crippen LogP contribution < -0.4 is 10.9 Å². The molecule has 23 heavy (non-hydrogen) atoms. The van der Waals surface area contributed by atoms with Crippen molar-refractivity contribution in [2.45, 2.75) is 45.3 Å². The van der Waals surface area contributed by atoms with E-state index in [0.717, 1.165) is 24.8 Å². The summed E-state index contributed by atoms with van der Waals surface area (Å²) in [5.41, 5.74) is 10.3. The summed E-state index contributed by atoms with van der Waals surface area (Å²) in [6.45, 7) is 5.49. The van der Waals surface area contributed by atoms with Crippen molar-refractivity contribution >= 4 is 5.69 Å². The van der Waals surface area contributed by atoms with E-state index in [-0.39, 0.29) is 0 Å². The Balaban J connectivity index is 1.47. The lowest BCUT2D eigenvalue weighted by Crippen LogP contribution is -2.36. The fraction of sp³-hybridized carbons (Fsp3) is 0.400. The lowest BCUT2D eigenvalue weighted by atomic mass is 10.0. The van der Waals surface area contributed by atoms with Crippen molar-refractivity contribution < 1.29 is 0 Å². The van der Waals surface area contributed by atoms with Gasteiger partial charge in [-0.3, -0.25) is 4.90 Å². The molecule has 1 atom stereocenters. The molecule has 2 aromatic rings. The van der Waals surface area contributed by atoms with Gasteiger partial charge in [0.25, 0.3) is 0 Å². The second-order valence-corrected chi connectivity index (χ2v) is 6.48. The number of rotatable bonds is 6. The molecular weight excluding hydrogens is 282 g/mol. The Kier molecular flexibility index (Phi) is 5.67. The van der Waals surface area contributed by atoms with Gasteiger partial charge in [0, 0.05) is 24.8 Å². The molecule has 1 aliphatic rings. The number of likely N-dealkylation sites (tertiary alicyclic amines) is 1. The van der Waals surface area contributed by atoms with Crippen LogP contribution in [0.1, 0.15) is 37.3 Å². The average Bonchev–Trinajstić information content (AvgIpc) is 2.59. The van der Waals surface area contributed by atoms with Gasteiger partial charge >= 0.3 is 0 Å². The Bertz CT molecular complexity index is 580. The molecule has 2 N–H and O–H groups in total. The first-order valence-electron chi connectivity index (χ1n) is 8.67. The average molecular weight is 309 g/mol. The van der Waals surface area contributed by atoms with Crippen LogP contribution in [-0.4, -0.2) is 17.5 Å². The summed E-state index contributed by atoms with van der Waals surface area (Å²) < 4.78 is 0. The smallest absolute Gasteiger partial charge is 0.0487 e. The third-order valence-electron chi connectivity index (χ3n) is 4.65. The van der Waals surface area contributed by atoms with E-state index >= 15 is 0 Å². The molecule has 0 amide bonds. The van der Waals surface area contributed by atoms with E-state index in [2.05, 4.69) is 59.1 Å². The number of hydrogen-bond donors (Lipinski definition) is 2. The molecule has 0 aromatic heterocycles. The van der Waals surface area contributed by atoms with Crippen molar-refractivity contribution in [3.05, 3.63) is 65.7 Å². The van der Waals surface area contributed by atoms with Crippen LogP contribution in [0.5, 0.6) is 0 Å². The molecule has 0 aliphatic carbocycles. The van der Waals surface area contributed by atoms with Crippen LogP contribution in [0.15, 0.2) is 54.6 Å². The van der Waals surface area contributed by atoms with Crippen molar-refractivity contribution in [2.24, 2.45) is 0 Å². The number of nitrogens with one attached hydrogen (secondary N) is 2. The fourth-order valence-electron chi connectivity index (χ4n) is 3.16. The summed E-state index contributed by atoms with van der Waals surface area (Å²) in [6.07, 6.45) is 4.07. The Morgan fingerprint density at radius 1 is 0.957 bits per heavy atom. The van der Waals surface area contributed by atoms with Gasteiger partial charge in [-0.25, -0.2) is 5.43 Å². The Morgan fingerprint density at radius 2 is 1.70 bits per heavy atom. The van der Waals surface area contributed by atoms with Crippen molar-refractivity contribution in [2.75, 3.05) is 12.0 Å². The SMILES string of the molecule is CC1CCCCN1Cc1ccc(CNNc2ccccc2)cc1. The summed E-state index contributed by atoms with van der Waals surface area (Å²) in [6, 6.07) is 19.9. The zero-order valence-electron chi connectivity index (χ0n) is 14.0. The fourth-order valence-corrected chi connectivity index (χ4v) is 3.16. The Morgan fingerprint density at radius 3 is 2.43 bits per heavy atom. The van der Waals surface area contributed by atoms with Crippen LogP contribution in [0.4, 0.5) is 5.69 Å². The molecule has 2 aromatic carbocycles. The minimum atomic E-state index is 0.722. The largest absolute Gasteiger partial charge is 0.321 e. The number of piperidine rings is 1. The van der Waals surface area contributed by atoms with Gasteiger partial charge in [0.1, 0.15) is 0 Å². The Labute approximate surface area is 139 Å². The van der Waals surface area contributed by atoms with E-state index in [1.165, 1.54) is 36.9 Å². The van der Waals surface area contributed by atoms with Crippen molar-refractivity contribution in [3.8, 4) is 0 Å². The first kappa shape index (κ1) is 16.0. The van der Waals surface area contributed by atoms with Crippen molar-refractivity contribution in [3.63, 3.8) is 0 Å². The standard InChI is InChI=1S/C20H27N3/c1-17-7-5-6-14-23(17)16-19-12-10-18(11-13-19)15-21-22-20-8-3-2-4-9-20/h2-4,8-13,17,21-22H,5-7,14-16H2,1H3. The van der Waals surface area contributed by atoms with Crippen LogP contribution in [0.2, 0.25) is 0 Å². The maximum atomic E-state index is 3.27. The van der Waals surface area contributed by atoms with Gasteiger partial charge in [-0.2, -0.15) is 0 Å². The topological polar surface area (TPSA) is 27.3 Å². The summed E-state index contributed by atoms with van der Waals surface area (Å²) in [5, 5.41) is 0. The van der Waals surface area contributed by atoms with Crippen LogP contribution in [0, 0.1) is 0 Å². The van der Waals surface area contributed by atoms with Gasteiger partial charge in [-0.1, -0.05) is 48.9 Å². The molecular formula is C20H27N3. The first-order valence-corrected chi connectivity index (χ1v) is 8.67. The molecule has 1 saturated heterocycles. The van der Waals surface area contributed by atoms with Crippen LogP contribution >= 0.6 is 0 Å². The highest BCUT2D eigenvalue weighted by Crippen LogP contribution is 2.19. The zero-order valence-corrected chi connectivity index (χ0v) is 14.0. The molecule has 1 fully saturated rings. The van der Waals surface area contributed by atoms with E-state index in [0.29, 0.717) is 0 Å². The summed E-state index contributed by atoms with van der Waals surface area (Å²) in [5.74, 6) is 0. The lowest BCUT2D eigenvalue weighted by Gasteiger charge is -2.33. The van der Waals surface area contributed by atoms with E-state index < -0.39 is 0 Å². The predicted molar refractivity (Wildman–Crippen MR) is 97.1 cm³/mol. The highest BCUT2D eigenvalue weighted by molar-refractivity contribution is 5.41. The molecule has 0 spiro atoms. The highest BCUT2D eigenvalue weighted by atomic mass is 15.3. The van der Waals surface area contributed by atoms with Crippen molar-refractivity contribution in [1.29, 1.82) is 0 Å². The summed E-state index contributed by atoms with van der Waals surface area (Å²) in [4.78, 5) is 2.60. The number of anilines is 1. The van der Waals surface area contributed by atoms with Gasteiger partial charge in [0.15, 0.2) is 0 Å². The summed E-state index contributed by atoms with van der Waals surface area (Å²) in [7, 11) is 0. The normalized spacial score (nSPS) is 18.7. The van der Waals surface area contributed by atoms with Gasteiger partial charge in [-0.15, -0.1) is 0 Å². The monoisotopic (exact) mass is 309 g/mol. The molecule has 3 nitrogen and oxygen atoms in total. The minimum Gasteiger partial charge on any atom is -0.321 e. The molecule has 0 bridgehead atoms. The maximum Gasteiger partial charge on any atom is 0.0487 e. The number of hydrogen-bond acceptors (Lipinski definition) is 3. The number of hydrazine groups is 1. The molecule has 3 rings (SSSR count). The minimum absolute atomic E-state index is 0.722. The zero-order chi connectivity index (χ0) is 15.9. The van der Waals surface area contributed by atoms with E-state index in [4.69, 9.17) is 0 Å². The summed E-state index contributed by atoms with van der Waals surface area (Å²) >= 11 is 0. The van der Waals surface area contributed by atoms with Crippen LogP contribution in [0.3, 0.4) is 0 Å². The molecule has 1 unspecified atom stereocenters. The van der Waals surface area contributed by atoms with E-state index in [1.54, 1.807) is 0 Å². The number of nitrogens with zero attached hydrogens (tertiary/aromatic N) is 1. The molecule has 3 heteroatoms. The van der Waals surface area contributed by atoms with Crippen molar-refractivity contribution in [1.82, 2.24) is 10.3 Å². The number of benzene rings is 2. The maximum absolute atomic E-state index is 3.27. The predicted octanol–water partition coefficient (Wildman–Crippen LogP) is 4.18. The van der Waals surface area contributed by atoms with Gasteiger partial charge < -0.3 is 5.43 Å². The number of para-hydroxylation sites is 1. The molecule has 1 heterocycles. The molecule has 122 valence electrons.